The van der Waals surface area contributed by atoms with Gasteiger partial charge in [0.2, 0.25) is 5.91 Å². The highest BCUT2D eigenvalue weighted by atomic mass is 16.5. The molecule has 0 aromatic rings. The number of carbonyl (C=O) groups excluding carboxylic acids is 1. The molecule has 0 aromatic carbocycles. The first-order valence-electron chi connectivity index (χ1n) is 6.53. The highest BCUT2D eigenvalue weighted by Crippen LogP contribution is 2.02. The Labute approximate surface area is 104 Å². The molecule has 1 rings (SSSR count). The number of hydrogen-bond donors (Lipinski definition) is 3. The van der Waals surface area contributed by atoms with Gasteiger partial charge in [-0.3, -0.25) is 4.79 Å². The molecule has 3 N–H and O–H groups in total. The van der Waals surface area contributed by atoms with Crippen molar-refractivity contribution in [1.29, 1.82) is 0 Å². The molecule has 1 heterocycles. The zero-order valence-corrected chi connectivity index (χ0v) is 10.9. The Morgan fingerprint density at radius 1 is 1.59 bits per heavy atom. The molecule has 0 aromatic heterocycles. The van der Waals surface area contributed by atoms with Crippen molar-refractivity contribution >= 4 is 5.91 Å². The third-order valence-electron chi connectivity index (χ3n) is 2.86. The van der Waals surface area contributed by atoms with Gasteiger partial charge >= 0.3 is 0 Å². The van der Waals surface area contributed by atoms with Crippen LogP contribution < -0.4 is 16.0 Å². The summed E-state index contributed by atoms with van der Waals surface area (Å²) in [6.45, 7) is 8.07. The van der Waals surface area contributed by atoms with Gasteiger partial charge in [0.25, 0.3) is 0 Å². The van der Waals surface area contributed by atoms with Gasteiger partial charge in [-0.15, -0.1) is 0 Å². The third-order valence-corrected chi connectivity index (χ3v) is 2.86. The smallest absolute Gasteiger partial charge is 0.221 e. The second-order valence-corrected chi connectivity index (χ2v) is 4.52. The standard InChI is InChI=1S/C12H25N3O2/c1-3-13-12(16)4-5-14-10(2)8-11-9-17-7-6-15-11/h10-11,14-15H,3-9H2,1-2H3,(H,13,16). The van der Waals surface area contributed by atoms with Crippen LogP contribution in [0.2, 0.25) is 0 Å². The maximum absolute atomic E-state index is 11.2. The topological polar surface area (TPSA) is 62.4 Å². The lowest BCUT2D eigenvalue weighted by molar-refractivity contribution is -0.120. The van der Waals surface area contributed by atoms with Crippen molar-refractivity contribution in [3.05, 3.63) is 0 Å². The molecule has 2 unspecified atom stereocenters. The Morgan fingerprint density at radius 2 is 2.41 bits per heavy atom. The van der Waals surface area contributed by atoms with Gasteiger partial charge in [-0.1, -0.05) is 0 Å². The fourth-order valence-electron chi connectivity index (χ4n) is 2.00. The summed E-state index contributed by atoms with van der Waals surface area (Å²) < 4.78 is 5.40. The second-order valence-electron chi connectivity index (χ2n) is 4.52. The number of rotatable bonds is 7. The van der Waals surface area contributed by atoms with Crippen LogP contribution in [0.4, 0.5) is 0 Å². The molecule has 1 amide bonds. The number of morpholine rings is 1. The van der Waals surface area contributed by atoms with Crippen LogP contribution in [-0.2, 0) is 9.53 Å². The Balaban J connectivity index is 2.03. The summed E-state index contributed by atoms with van der Waals surface area (Å²) in [6.07, 6.45) is 1.59. The van der Waals surface area contributed by atoms with Gasteiger partial charge in [0, 0.05) is 38.1 Å². The minimum absolute atomic E-state index is 0.117. The van der Waals surface area contributed by atoms with Crippen LogP contribution in [0.15, 0.2) is 0 Å². The average molecular weight is 243 g/mol. The molecule has 100 valence electrons. The predicted octanol–water partition coefficient (Wildman–Crippen LogP) is -0.131. The Morgan fingerprint density at radius 3 is 3.06 bits per heavy atom. The van der Waals surface area contributed by atoms with Crippen LogP contribution in [-0.4, -0.2) is 50.8 Å². The van der Waals surface area contributed by atoms with E-state index in [-0.39, 0.29) is 5.91 Å². The molecule has 1 aliphatic heterocycles. The van der Waals surface area contributed by atoms with E-state index in [1.165, 1.54) is 0 Å². The fraction of sp³-hybridized carbons (Fsp3) is 0.917. The van der Waals surface area contributed by atoms with E-state index < -0.39 is 0 Å². The number of carbonyl (C=O) groups is 1. The van der Waals surface area contributed by atoms with E-state index in [2.05, 4.69) is 22.9 Å². The molecule has 0 radical (unpaired) electrons. The summed E-state index contributed by atoms with van der Waals surface area (Å²) in [4.78, 5) is 11.2. The van der Waals surface area contributed by atoms with Crippen LogP contribution in [0, 0.1) is 0 Å². The van der Waals surface area contributed by atoms with Crippen molar-refractivity contribution in [3.63, 3.8) is 0 Å². The third kappa shape index (κ3) is 6.61. The normalized spacial score (nSPS) is 22.1. The number of ether oxygens (including phenoxy) is 1. The van der Waals surface area contributed by atoms with Crippen molar-refractivity contribution in [2.45, 2.75) is 38.8 Å². The average Bonchev–Trinajstić information content (AvgIpc) is 2.30. The van der Waals surface area contributed by atoms with E-state index in [0.29, 0.717) is 25.0 Å². The van der Waals surface area contributed by atoms with E-state index in [1.54, 1.807) is 0 Å². The molecule has 0 aliphatic carbocycles. The second kappa shape index (κ2) is 8.44. The van der Waals surface area contributed by atoms with E-state index in [9.17, 15) is 4.79 Å². The summed E-state index contributed by atoms with van der Waals surface area (Å²) in [5.41, 5.74) is 0. The van der Waals surface area contributed by atoms with Gasteiger partial charge in [0.1, 0.15) is 0 Å². The maximum atomic E-state index is 11.2. The highest BCUT2D eigenvalue weighted by molar-refractivity contribution is 5.75. The summed E-state index contributed by atoms with van der Waals surface area (Å²) >= 11 is 0. The SMILES string of the molecule is CCNC(=O)CCNC(C)CC1COCCN1. The lowest BCUT2D eigenvalue weighted by Crippen LogP contribution is -2.45. The van der Waals surface area contributed by atoms with Crippen molar-refractivity contribution in [1.82, 2.24) is 16.0 Å². The quantitative estimate of drug-likeness (QED) is 0.583. The molecule has 5 nitrogen and oxygen atoms in total. The van der Waals surface area contributed by atoms with Gasteiger partial charge in [-0.2, -0.15) is 0 Å². The minimum atomic E-state index is 0.117. The van der Waals surface area contributed by atoms with Gasteiger partial charge < -0.3 is 20.7 Å². The summed E-state index contributed by atoms with van der Waals surface area (Å²) in [6, 6.07) is 0.847. The van der Waals surface area contributed by atoms with Crippen LogP contribution in [0.25, 0.3) is 0 Å². The Bertz CT molecular complexity index is 218. The van der Waals surface area contributed by atoms with Crippen LogP contribution in [0.3, 0.4) is 0 Å². The first-order valence-corrected chi connectivity index (χ1v) is 6.53. The minimum Gasteiger partial charge on any atom is -0.379 e. The first-order chi connectivity index (χ1) is 8.22. The number of hydrogen-bond acceptors (Lipinski definition) is 4. The predicted molar refractivity (Wildman–Crippen MR) is 68.0 cm³/mol. The van der Waals surface area contributed by atoms with Crippen LogP contribution in [0.1, 0.15) is 26.7 Å². The number of amides is 1. The fourth-order valence-corrected chi connectivity index (χ4v) is 2.00. The van der Waals surface area contributed by atoms with Gasteiger partial charge in [0.15, 0.2) is 0 Å². The first kappa shape index (κ1) is 14.4. The van der Waals surface area contributed by atoms with Crippen LogP contribution >= 0.6 is 0 Å². The molecule has 1 fully saturated rings. The largest absolute Gasteiger partial charge is 0.379 e. The maximum Gasteiger partial charge on any atom is 0.221 e. The zero-order valence-electron chi connectivity index (χ0n) is 10.9. The van der Waals surface area contributed by atoms with E-state index in [0.717, 1.165) is 32.7 Å². The molecule has 0 bridgehead atoms. The monoisotopic (exact) mass is 243 g/mol. The van der Waals surface area contributed by atoms with Gasteiger partial charge in [0.05, 0.1) is 13.2 Å². The molecule has 2 atom stereocenters. The van der Waals surface area contributed by atoms with Gasteiger partial charge in [-0.05, 0) is 20.3 Å². The van der Waals surface area contributed by atoms with Crippen molar-refractivity contribution < 1.29 is 9.53 Å². The van der Waals surface area contributed by atoms with Gasteiger partial charge in [-0.25, -0.2) is 0 Å². The molecule has 0 spiro atoms. The van der Waals surface area contributed by atoms with E-state index in [4.69, 9.17) is 4.74 Å². The van der Waals surface area contributed by atoms with E-state index >= 15 is 0 Å². The van der Waals surface area contributed by atoms with Crippen LogP contribution in [0.5, 0.6) is 0 Å². The molecular weight excluding hydrogens is 218 g/mol. The zero-order chi connectivity index (χ0) is 12.5. The summed E-state index contributed by atoms with van der Waals surface area (Å²) in [5.74, 6) is 0.117. The van der Waals surface area contributed by atoms with Crippen molar-refractivity contribution in [2.24, 2.45) is 0 Å². The molecule has 17 heavy (non-hydrogen) atoms. The molecule has 1 aliphatic rings. The highest BCUT2D eigenvalue weighted by Gasteiger charge is 2.15. The van der Waals surface area contributed by atoms with E-state index in [1.807, 2.05) is 6.92 Å². The lowest BCUT2D eigenvalue weighted by atomic mass is 10.1. The summed E-state index contributed by atoms with van der Waals surface area (Å²) in [5, 5.41) is 9.58. The lowest BCUT2D eigenvalue weighted by Gasteiger charge is -2.26. The number of nitrogens with one attached hydrogen (secondary N) is 3. The molecule has 1 saturated heterocycles. The van der Waals surface area contributed by atoms with Crippen molar-refractivity contribution in [3.8, 4) is 0 Å². The molecule has 5 heteroatoms. The Hall–Kier alpha value is -0.650. The van der Waals surface area contributed by atoms with Crippen molar-refractivity contribution in [2.75, 3.05) is 32.8 Å². The summed E-state index contributed by atoms with van der Waals surface area (Å²) in [7, 11) is 0. The molecule has 0 saturated carbocycles. The molecular formula is C12H25N3O2. The Kier molecular flexibility index (Phi) is 7.16.